The summed E-state index contributed by atoms with van der Waals surface area (Å²) in [6.45, 7) is 4.64. The molecule has 2 rings (SSSR count). The van der Waals surface area contributed by atoms with Gasteiger partial charge in [0.25, 0.3) is 0 Å². The zero-order valence-corrected chi connectivity index (χ0v) is 17.6. The topological polar surface area (TPSA) is 81.7 Å². The van der Waals surface area contributed by atoms with E-state index in [1.165, 1.54) is 12.1 Å². The van der Waals surface area contributed by atoms with Gasteiger partial charge in [-0.3, -0.25) is 4.79 Å². The highest BCUT2D eigenvalue weighted by Crippen LogP contribution is 2.29. The molecule has 0 radical (unpaired) electrons. The van der Waals surface area contributed by atoms with Gasteiger partial charge in [0, 0.05) is 17.0 Å². The Morgan fingerprint density at radius 2 is 1.70 bits per heavy atom. The highest BCUT2D eigenvalue weighted by Gasteiger charge is 2.17. The number of nitrogens with one attached hydrogen (secondary N) is 1. The van der Waals surface area contributed by atoms with Crippen LogP contribution < -0.4 is 14.8 Å². The van der Waals surface area contributed by atoms with Gasteiger partial charge < -0.3 is 14.8 Å². The molecule has 0 fully saturated rings. The summed E-state index contributed by atoms with van der Waals surface area (Å²) in [4.78, 5) is 12.5. The summed E-state index contributed by atoms with van der Waals surface area (Å²) in [5.41, 5.74) is 0.453. The standard InChI is InChI=1S/C19H22BrNO5S/c1-3-25-15-7-10-18(26-4-2)17(13-15)21-19(22)11-12-27(23,24)16-8-5-14(20)6-9-16/h5-10,13H,3-4,11-12H2,1-2H3,(H,21,22). The second-order valence-electron chi connectivity index (χ2n) is 5.59. The van der Waals surface area contributed by atoms with Gasteiger partial charge in [-0.1, -0.05) is 15.9 Å². The van der Waals surface area contributed by atoms with Crippen LogP contribution >= 0.6 is 15.9 Å². The molecule has 0 bridgehead atoms. The van der Waals surface area contributed by atoms with Crippen LogP contribution in [0.4, 0.5) is 5.69 Å². The molecular weight excluding hydrogens is 434 g/mol. The fourth-order valence-electron chi connectivity index (χ4n) is 2.34. The predicted molar refractivity (Wildman–Crippen MR) is 108 cm³/mol. The lowest BCUT2D eigenvalue weighted by atomic mass is 10.2. The third-order valence-corrected chi connectivity index (χ3v) is 5.87. The SMILES string of the molecule is CCOc1ccc(OCC)c(NC(=O)CCS(=O)(=O)c2ccc(Br)cc2)c1. The Morgan fingerprint density at radius 1 is 1.04 bits per heavy atom. The summed E-state index contributed by atoms with van der Waals surface area (Å²) in [6.07, 6.45) is -0.164. The molecule has 27 heavy (non-hydrogen) atoms. The lowest BCUT2D eigenvalue weighted by Gasteiger charge is -2.13. The van der Waals surface area contributed by atoms with Crippen LogP contribution in [-0.4, -0.2) is 33.3 Å². The van der Waals surface area contributed by atoms with Crippen LogP contribution in [0.25, 0.3) is 0 Å². The van der Waals surface area contributed by atoms with Gasteiger partial charge in [-0.05, 0) is 50.2 Å². The maximum atomic E-state index is 12.4. The average Bonchev–Trinajstić information content (AvgIpc) is 2.63. The van der Waals surface area contributed by atoms with Crippen LogP contribution in [0.5, 0.6) is 11.5 Å². The number of anilines is 1. The van der Waals surface area contributed by atoms with Crippen LogP contribution in [0.3, 0.4) is 0 Å². The molecule has 8 heteroatoms. The first-order chi connectivity index (χ1) is 12.9. The fraction of sp³-hybridized carbons (Fsp3) is 0.316. The number of carbonyl (C=O) groups excluding carboxylic acids is 1. The quantitative estimate of drug-likeness (QED) is 0.616. The van der Waals surface area contributed by atoms with Crippen molar-refractivity contribution < 1.29 is 22.7 Å². The van der Waals surface area contributed by atoms with E-state index in [2.05, 4.69) is 21.2 Å². The van der Waals surface area contributed by atoms with E-state index in [0.29, 0.717) is 30.4 Å². The Morgan fingerprint density at radius 3 is 2.33 bits per heavy atom. The van der Waals surface area contributed by atoms with Crippen LogP contribution in [-0.2, 0) is 14.6 Å². The van der Waals surface area contributed by atoms with Crippen LogP contribution in [0, 0.1) is 0 Å². The Bertz CT molecular complexity index is 881. The van der Waals surface area contributed by atoms with E-state index in [4.69, 9.17) is 9.47 Å². The third kappa shape index (κ3) is 6.25. The molecule has 0 aliphatic heterocycles. The number of ether oxygens (including phenoxy) is 2. The maximum Gasteiger partial charge on any atom is 0.225 e. The van der Waals surface area contributed by atoms with Crippen molar-refractivity contribution in [3.63, 3.8) is 0 Å². The van der Waals surface area contributed by atoms with Gasteiger partial charge in [0.2, 0.25) is 5.91 Å². The van der Waals surface area contributed by atoms with Crippen molar-refractivity contribution >= 4 is 37.4 Å². The Labute approximate surface area is 167 Å². The molecule has 0 atom stereocenters. The van der Waals surface area contributed by atoms with Crippen LogP contribution in [0.1, 0.15) is 20.3 Å². The van der Waals surface area contributed by atoms with E-state index in [0.717, 1.165) is 4.47 Å². The van der Waals surface area contributed by atoms with Crippen molar-refractivity contribution in [1.29, 1.82) is 0 Å². The Hall–Kier alpha value is -2.06. The van der Waals surface area contributed by atoms with Crippen molar-refractivity contribution in [2.45, 2.75) is 25.2 Å². The normalized spacial score (nSPS) is 11.1. The van der Waals surface area contributed by atoms with Crippen LogP contribution in [0.15, 0.2) is 51.8 Å². The summed E-state index contributed by atoms with van der Waals surface area (Å²) in [5, 5.41) is 2.71. The van der Waals surface area contributed by atoms with Gasteiger partial charge in [-0.15, -0.1) is 0 Å². The average molecular weight is 456 g/mol. The smallest absolute Gasteiger partial charge is 0.225 e. The van der Waals surface area contributed by atoms with Crippen molar-refractivity contribution in [2.24, 2.45) is 0 Å². The van der Waals surface area contributed by atoms with Crippen molar-refractivity contribution in [3.05, 3.63) is 46.9 Å². The van der Waals surface area contributed by atoms with Crippen LogP contribution in [0.2, 0.25) is 0 Å². The summed E-state index contributed by atoms with van der Waals surface area (Å²) in [6, 6.07) is 11.5. The molecule has 0 aliphatic rings. The number of halogens is 1. The summed E-state index contributed by atoms with van der Waals surface area (Å²) in [5.74, 6) is 0.407. The Balaban J connectivity index is 2.06. The largest absolute Gasteiger partial charge is 0.494 e. The molecule has 1 N–H and O–H groups in total. The fourth-order valence-corrected chi connectivity index (χ4v) is 3.85. The molecule has 0 unspecified atom stereocenters. The van der Waals surface area contributed by atoms with Gasteiger partial charge in [0.1, 0.15) is 11.5 Å². The second kappa shape index (κ2) is 9.75. The van der Waals surface area contributed by atoms with Crippen molar-refractivity contribution in [3.8, 4) is 11.5 Å². The number of benzene rings is 2. The molecule has 2 aromatic rings. The summed E-state index contributed by atoms with van der Waals surface area (Å²) >= 11 is 3.27. The highest BCUT2D eigenvalue weighted by atomic mass is 79.9. The first-order valence-corrected chi connectivity index (χ1v) is 11.0. The van der Waals surface area contributed by atoms with Gasteiger partial charge in [0.05, 0.1) is 29.5 Å². The molecule has 2 aromatic carbocycles. The van der Waals surface area contributed by atoms with Crippen molar-refractivity contribution in [2.75, 3.05) is 24.3 Å². The zero-order valence-electron chi connectivity index (χ0n) is 15.2. The number of hydrogen-bond acceptors (Lipinski definition) is 5. The van der Waals surface area contributed by atoms with E-state index in [1.807, 2.05) is 13.8 Å². The lowest BCUT2D eigenvalue weighted by molar-refractivity contribution is -0.115. The van der Waals surface area contributed by atoms with E-state index < -0.39 is 15.7 Å². The molecule has 0 aromatic heterocycles. The number of hydrogen-bond donors (Lipinski definition) is 1. The first-order valence-electron chi connectivity index (χ1n) is 8.53. The molecule has 0 saturated heterocycles. The minimum absolute atomic E-state index is 0.164. The summed E-state index contributed by atoms with van der Waals surface area (Å²) in [7, 11) is -3.54. The monoisotopic (exact) mass is 455 g/mol. The van der Waals surface area contributed by atoms with Gasteiger partial charge in [-0.25, -0.2) is 8.42 Å². The molecule has 0 spiro atoms. The highest BCUT2D eigenvalue weighted by molar-refractivity contribution is 9.10. The molecule has 6 nitrogen and oxygen atoms in total. The minimum Gasteiger partial charge on any atom is -0.494 e. The van der Waals surface area contributed by atoms with Crippen molar-refractivity contribution in [1.82, 2.24) is 0 Å². The van der Waals surface area contributed by atoms with E-state index in [1.54, 1.807) is 30.3 Å². The predicted octanol–water partition coefficient (Wildman–Crippen LogP) is 4.05. The number of carbonyl (C=O) groups is 1. The van der Waals surface area contributed by atoms with E-state index >= 15 is 0 Å². The molecule has 146 valence electrons. The van der Waals surface area contributed by atoms with Gasteiger partial charge >= 0.3 is 0 Å². The number of amides is 1. The van der Waals surface area contributed by atoms with Gasteiger partial charge in [0.15, 0.2) is 9.84 Å². The molecule has 1 amide bonds. The molecular formula is C19H22BrNO5S. The maximum absolute atomic E-state index is 12.4. The minimum atomic E-state index is -3.54. The second-order valence-corrected chi connectivity index (χ2v) is 8.62. The van der Waals surface area contributed by atoms with Gasteiger partial charge in [-0.2, -0.15) is 0 Å². The van der Waals surface area contributed by atoms with E-state index in [-0.39, 0.29) is 17.1 Å². The lowest BCUT2D eigenvalue weighted by Crippen LogP contribution is -2.18. The third-order valence-electron chi connectivity index (χ3n) is 3.61. The summed E-state index contributed by atoms with van der Waals surface area (Å²) < 4.78 is 36.5. The Kier molecular flexibility index (Phi) is 7.67. The molecule has 0 saturated carbocycles. The van der Waals surface area contributed by atoms with E-state index in [9.17, 15) is 13.2 Å². The number of rotatable bonds is 9. The zero-order chi connectivity index (χ0) is 19.9. The first kappa shape index (κ1) is 21.2. The number of sulfone groups is 1. The molecule has 0 heterocycles. The molecule has 0 aliphatic carbocycles.